The maximum atomic E-state index is 5.42. The smallest absolute Gasteiger partial charge is 0.226 e. The van der Waals surface area contributed by atoms with E-state index < -0.39 is 0 Å². The molecule has 1 aromatic heterocycles. The van der Waals surface area contributed by atoms with Crippen molar-refractivity contribution in [3.05, 3.63) is 18.1 Å². The standard InChI is InChI=1S/C7H9N3OS/c1-2-11-7-5(6(8)12)3-9-4-10-7/h3-4H,2H2,1H3,(H2,8,12). The van der Waals surface area contributed by atoms with E-state index in [1.54, 1.807) is 6.20 Å². The van der Waals surface area contributed by atoms with E-state index in [2.05, 4.69) is 9.97 Å². The summed E-state index contributed by atoms with van der Waals surface area (Å²) in [7, 11) is 0. The predicted octanol–water partition coefficient (Wildman–Crippen LogP) is 0.510. The van der Waals surface area contributed by atoms with Gasteiger partial charge in [0.25, 0.3) is 0 Å². The Hall–Kier alpha value is -1.23. The summed E-state index contributed by atoms with van der Waals surface area (Å²) < 4.78 is 5.18. The van der Waals surface area contributed by atoms with E-state index in [0.29, 0.717) is 18.1 Å². The van der Waals surface area contributed by atoms with Crippen LogP contribution < -0.4 is 10.5 Å². The van der Waals surface area contributed by atoms with Gasteiger partial charge in [0, 0.05) is 6.20 Å². The molecule has 0 atom stereocenters. The summed E-state index contributed by atoms with van der Waals surface area (Å²) >= 11 is 4.78. The highest BCUT2D eigenvalue weighted by atomic mass is 32.1. The molecule has 5 heteroatoms. The second-order valence-electron chi connectivity index (χ2n) is 2.04. The summed E-state index contributed by atoms with van der Waals surface area (Å²) in [6.07, 6.45) is 2.94. The van der Waals surface area contributed by atoms with Crippen molar-refractivity contribution in [2.45, 2.75) is 6.92 Å². The van der Waals surface area contributed by atoms with Gasteiger partial charge in [0.05, 0.1) is 12.2 Å². The Morgan fingerprint density at radius 1 is 1.75 bits per heavy atom. The van der Waals surface area contributed by atoms with Crippen LogP contribution in [-0.2, 0) is 0 Å². The lowest BCUT2D eigenvalue weighted by atomic mass is 10.3. The van der Waals surface area contributed by atoms with Gasteiger partial charge in [-0.05, 0) is 6.92 Å². The minimum Gasteiger partial charge on any atom is -0.477 e. The largest absolute Gasteiger partial charge is 0.477 e. The van der Waals surface area contributed by atoms with E-state index in [1.807, 2.05) is 6.92 Å². The van der Waals surface area contributed by atoms with Gasteiger partial charge in [0.1, 0.15) is 11.3 Å². The summed E-state index contributed by atoms with van der Waals surface area (Å²) in [4.78, 5) is 7.93. The van der Waals surface area contributed by atoms with Crippen LogP contribution in [0.3, 0.4) is 0 Å². The van der Waals surface area contributed by atoms with Crippen LogP contribution in [0.15, 0.2) is 12.5 Å². The zero-order valence-corrected chi connectivity index (χ0v) is 7.47. The Bertz CT molecular complexity index is 290. The monoisotopic (exact) mass is 183 g/mol. The molecule has 1 heterocycles. The number of thiocarbonyl (C=S) groups is 1. The number of ether oxygens (including phenoxy) is 1. The molecular weight excluding hydrogens is 174 g/mol. The van der Waals surface area contributed by atoms with Gasteiger partial charge in [-0.3, -0.25) is 0 Å². The third kappa shape index (κ3) is 1.88. The number of hydrogen-bond acceptors (Lipinski definition) is 4. The van der Waals surface area contributed by atoms with Gasteiger partial charge in [-0.1, -0.05) is 12.2 Å². The molecule has 0 aromatic carbocycles. The fourth-order valence-corrected chi connectivity index (χ4v) is 0.879. The Balaban J connectivity index is 3.00. The van der Waals surface area contributed by atoms with E-state index in [-0.39, 0.29) is 4.99 Å². The second kappa shape index (κ2) is 3.96. The Labute approximate surface area is 75.8 Å². The van der Waals surface area contributed by atoms with Crippen LogP contribution >= 0.6 is 12.2 Å². The first-order valence-corrected chi connectivity index (χ1v) is 3.89. The molecule has 2 N–H and O–H groups in total. The highest BCUT2D eigenvalue weighted by Gasteiger charge is 2.06. The first kappa shape index (κ1) is 8.86. The molecule has 0 aliphatic carbocycles. The van der Waals surface area contributed by atoms with Crippen molar-refractivity contribution >= 4 is 17.2 Å². The molecule has 0 fully saturated rings. The van der Waals surface area contributed by atoms with Gasteiger partial charge in [0.15, 0.2) is 0 Å². The van der Waals surface area contributed by atoms with Gasteiger partial charge in [-0.2, -0.15) is 0 Å². The molecule has 0 bridgehead atoms. The molecule has 4 nitrogen and oxygen atoms in total. The van der Waals surface area contributed by atoms with Crippen LogP contribution in [0, 0.1) is 0 Å². The van der Waals surface area contributed by atoms with E-state index in [0.717, 1.165) is 0 Å². The topological polar surface area (TPSA) is 61.0 Å². The van der Waals surface area contributed by atoms with E-state index >= 15 is 0 Å². The molecule has 0 amide bonds. The van der Waals surface area contributed by atoms with Gasteiger partial charge in [0.2, 0.25) is 5.88 Å². The van der Waals surface area contributed by atoms with Crippen LogP contribution in [-0.4, -0.2) is 21.6 Å². The molecule has 1 aromatic rings. The quantitative estimate of drug-likeness (QED) is 0.692. The highest BCUT2D eigenvalue weighted by molar-refractivity contribution is 7.80. The van der Waals surface area contributed by atoms with Gasteiger partial charge in [-0.15, -0.1) is 0 Å². The molecule has 0 saturated heterocycles. The first-order valence-electron chi connectivity index (χ1n) is 3.48. The lowest BCUT2D eigenvalue weighted by Gasteiger charge is -2.05. The second-order valence-corrected chi connectivity index (χ2v) is 2.48. The normalized spacial score (nSPS) is 9.42. The zero-order chi connectivity index (χ0) is 8.97. The number of hydrogen-bond donors (Lipinski definition) is 1. The summed E-state index contributed by atoms with van der Waals surface area (Å²) in [6, 6.07) is 0. The average Bonchev–Trinajstić information content (AvgIpc) is 2.05. The third-order valence-corrected chi connectivity index (χ3v) is 1.44. The molecule has 1 rings (SSSR count). The molecule has 0 aliphatic heterocycles. The molecule has 0 unspecified atom stereocenters. The molecule has 0 spiro atoms. The Kier molecular flexibility index (Phi) is 2.93. The van der Waals surface area contributed by atoms with Crippen LogP contribution in [0.1, 0.15) is 12.5 Å². The lowest BCUT2D eigenvalue weighted by Crippen LogP contribution is -2.13. The fourth-order valence-electron chi connectivity index (χ4n) is 0.739. The van der Waals surface area contributed by atoms with Gasteiger partial charge >= 0.3 is 0 Å². The van der Waals surface area contributed by atoms with E-state index in [4.69, 9.17) is 22.7 Å². The van der Waals surface area contributed by atoms with Crippen LogP contribution in [0.2, 0.25) is 0 Å². The Morgan fingerprint density at radius 3 is 3.08 bits per heavy atom. The number of aromatic nitrogens is 2. The summed E-state index contributed by atoms with van der Waals surface area (Å²) in [5.41, 5.74) is 5.99. The van der Waals surface area contributed by atoms with Crippen molar-refractivity contribution in [3.63, 3.8) is 0 Å². The van der Waals surface area contributed by atoms with Crippen LogP contribution in [0.4, 0.5) is 0 Å². The van der Waals surface area contributed by atoms with Gasteiger partial charge in [-0.25, -0.2) is 9.97 Å². The van der Waals surface area contributed by atoms with Crippen LogP contribution in [0.25, 0.3) is 0 Å². The summed E-state index contributed by atoms with van der Waals surface area (Å²) in [5.74, 6) is 0.444. The lowest BCUT2D eigenvalue weighted by molar-refractivity contribution is 0.325. The van der Waals surface area contributed by atoms with Crippen molar-refractivity contribution in [2.24, 2.45) is 5.73 Å². The first-order chi connectivity index (χ1) is 5.75. The molecule has 0 saturated carbocycles. The average molecular weight is 183 g/mol. The zero-order valence-electron chi connectivity index (χ0n) is 6.65. The van der Waals surface area contributed by atoms with Crippen molar-refractivity contribution in [3.8, 4) is 5.88 Å². The molecular formula is C7H9N3OS. The molecule has 64 valence electrons. The third-order valence-electron chi connectivity index (χ3n) is 1.22. The van der Waals surface area contributed by atoms with Crippen molar-refractivity contribution < 1.29 is 4.74 Å². The highest BCUT2D eigenvalue weighted by Crippen LogP contribution is 2.11. The molecule has 12 heavy (non-hydrogen) atoms. The Morgan fingerprint density at radius 2 is 2.50 bits per heavy atom. The van der Waals surface area contributed by atoms with E-state index in [9.17, 15) is 0 Å². The SMILES string of the molecule is CCOc1ncncc1C(N)=S. The predicted molar refractivity (Wildman–Crippen MR) is 49.1 cm³/mol. The maximum absolute atomic E-state index is 5.42. The summed E-state index contributed by atoms with van der Waals surface area (Å²) in [5, 5.41) is 0. The molecule has 0 aliphatic rings. The maximum Gasteiger partial charge on any atom is 0.226 e. The van der Waals surface area contributed by atoms with E-state index in [1.165, 1.54) is 6.33 Å². The number of nitrogens with zero attached hydrogens (tertiary/aromatic N) is 2. The minimum atomic E-state index is 0.249. The minimum absolute atomic E-state index is 0.249. The van der Waals surface area contributed by atoms with Crippen molar-refractivity contribution in [1.82, 2.24) is 9.97 Å². The fraction of sp³-hybridized carbons (Fsp3) is 0.286. The van der Waals surface area contributed by atoms with Crippen LogP contribution in [0.5, 0.6) is 5.88 Å². The summed E-state index contributed by atoms with van der Waals surface area (Å²) in [6.45, 7) is 2.40. The number of nitrogens with two attached hydrogens (primary N) is 1. The van der Waals surface area contributed by atoms with Crippen molar-refractivity contribution in [2.75, 3.05) is 6.61 Å². The van der Waals surface area contributed by atoms with Crippen molar-refractivity contribution in [1.29, 1.82) is 0 Å². The molecule has 0 radical (unpaired) electrons. The van der Waals surface area contributed by atoms with Gasteiger partial charge < -0.3 is 10.5 Å². The number of rotatable bonds is 3.